The molecule has 1 atom stereocenters. The van der Waals surface area contributed by atoms with E-state index in [9.17, 15) is 0 Å². The molecule has 5 heteroatoms. The summed E-state index contributed by atoms with van der Waals surface area (Å²) in [5.41, 5.74) is 8.68. The topological polar surface area (TPSA) is 51.6 Å². The van der Waals surface area contributed by atoms with Crippen LogP contribution in [0.15, 0.2) is 122 Å². The zero-order chi connectivity index (χ0) is 31.2. The lowest BCUT2D eigenvalue weighted by atomic mass is 9.88. The number of aromatic nitrogens is 4. The fourth-order valence-corrected chi connectivity index (χ4v) is 8.54. The van der Waals surface area contributed by atoms with E-state index in [1.807, 2.05) is 41.8 Å². The normalized spacial score (nSPS) is 17.4. The van der Waals surface area contributed by atoms with Crippen LogP contribution in [0.1, 0.15) is 60.8 Å². The molecule has 226 valence electrons. The molecule has 3 aliphatic carbocycles. The van der Waals surface area contributed by atoms with Gasteiger partial charge >= 0.3 is 0 Å². The summed E-state index contributed by atoms with van der Waals surface area (Å²) >= 11 is 1.91. The molecule has 0 spiro atoms. The molecule has 0 saturated heterocycles. The van der Waals surface area contributed by atoms with E-state index in [0.29, 0.717) is 0 Å². The van der Waals surface area contributed by atoms with Crippen molar-refractivity contribution in [2.75, 3.05) is 0 Å². The second kappa shape index (κ2) is 11.8. The summed E-state index contributed by atoms with van der Waals surface area (Å²) in [7, 11) is 0. The van der Waals surface area contributed by atoms with Gasteiger partial charge in [0, 0.05) is 48.5 Å². The number of fused-ring (bicyclic) bond motifs is 4. The number of rotatable bonds is 5. The maximum atomic E-state index is 5.19. The van der Waals surface area contributed by atoms with Crippen LogP contribution in [-0.2, 0) is 0 Å². The predicted octanol–water partition coefficient (Wildman–Crippen LogP) is 8.94. The van der Waals surface area contributed by atoms with Crippen LogP contribution in [0, 0.1) is 0 Å². The average Bonchev–Trinajstić information content (AvgIpc) is 3.55. The Morgan fingerprint density at radius 2 is 1.49 bits per heavy atom. The highest BCUT2D eigenvalue weighted by Crippen LogP contribution is 2.37. The molecule has 4 nitrogen and oxygen atoms in total. The number of hydrogen-bond acceptors (Lipinski definition) is 5. The standard InChI is InChI=1S/C42H32N4S/c1-3-11-29(12-4-1)40-44-41(30-13-5-2-6-14-30)46-42(45-40)35-18-9-21-37-38(35)34-17-7-16-32(39(34)47-37)28-24-22-27(23-25-28)31-15-8-20-36-33(31)19-10-26-43-36/h1-8,10-13,15-17,19-22,24,26,30H,9,14,18,23,25H2. The highest BCUT2D eigenvalue weighted by atomic mass is 32.1. The zero-order valence-electron chi connectivity index (χ0n) is 25.9. The smallest absolute Gasteiger partial charge is 0.163 e. The molecule has 0 radical (unpaired) electrons. The van der Waals surface area contributed by atoms with Crippen LogP contribution < -0.4 is 9.75 Å². The molecule has 9 rings (SSSR count). The summed E-state index contributed by atoms with van der Waals surface area (Å²) in [4.78, 5) is 19.9. The Morgan fingerprint density at radius 3 is 2.34 bits per heavy atom. The third kappa shape index (κ3) is 5.08. The fourth-order valence-electron chi connectivity index (χ4n) is 7.19. The lowest BCUT2D eigenvalue weighted by Crippen LogP contribution is -2.26. The summed E-state index contributed by atoms with van der Waals surface area (Å²) in [6.45, 7) is 0. The van der Waals surface area contributed by atoms with E-state index >= 15 is 0 Å². The van der Waals surface area contributed by atoms with Gasteiger partial charge in [0.05, 0.1) is 5.52 Å². The number of benzene rings is 3. The number of hydrogen-bond donors (Lipinski definition) is 0. The van der Waals surface area contributed by atoms with E-state index in [2.05, 4.69) is 102 Å². The molecule has 3 aromatic heterocycles. The van der Waals surface area contributed by atoms with Gasteiger partial charge in [-0.15, -0.1) is 11.3 Å². The lowest BCUT2D eigenvalue weighted by molar-refractivity contribution is 0.754. The van der Waals surface area contributed by atoms with Gasteiger partial charge < -0.3 is 0 Å². The monoisotopic (exact) mass is 624 g/mol. The molecule has 0 fully saturated rings. The maximum absolute atomic E-state index is 5.19. The van der Waals surface area contributed by atoms with Crippen LogP contribution in [0.5, 0.6) is 0 Å². The van der Waals surface area contributed by atoms with E-state index in [1.165, 1.54) is 53.1 Å². The molecule has 6 aromatic rings. The molecule has 0 N–H and O–H groups in total. The Labute approximate surface area is 277 Å². The van der Waals surface area contributed by atoms with Crippen LogP contribution in [0.2, 0.25) is 0 Å². The number of nitrogens with zero attached hydrogens (tertiary/aromatic N) is 4. The summed E-state index contributed by atoms with van der Waals surface area (Å²) in [6, 6.07) is 27.8. The van der Waals surface area contributed by atoms with Gasteiger partial charge in [-0.3, -0.25) is 4.98 Å². The minimum absolute atomic E-state index is 0.145. The van der Waals surface area contributed by atoms with Gasteiger partial charge in [-0.1, -0.05) is 109 Å². The Bertz CT molecular complexity index is 2440. The van der Waals surface area contributed by atoms with E-state index in [1.54, 1.807) is 0 Å². The summed E-state index contributed by atoms with van der Waals surface area (Å²) < 4.78 is 2.68. The maximum Gasteiger partial charge on any atom is 0.163 e. The largest absolute Gasteiger partial charge is 0.256 e. The minimum Gasteiger partial charge on any atom is -0.256 e. The van der Waals surface area contributed by atoms with Gasteiger partial charge in [-0.2, -0.15) is 0 Å². The van der Waals surface area contributed by atoms with Crippen molar-refractivity contribution in [1.82, 2.24) is 19.9 Å². The molecule has 1 unspecified atom stereocenters. The molecule has 0 bridgehead atoms. The van der Waals surface area contributed by atoms with Crippen molar-refractivity contribution in [3.8, 4) is 11.4 Å². The van der Waals surface area contributed by atoms with Crippen LogP contribution in [0.25, 0.3) is 55.2 Å². The third-order valence-electron chi connectivity index (χ3n) is 9.52. The van der Waals surface area contributed by atoms with Crippen LogP contribution in [-0.4, -0.2) is 19.9 Å². The number of thiophene rings is 1. The van der Waals surface area contributed by atoms with Crippen molar-refractivity contribution in [1.29, 1.82) is 0 Å². The van der Waals surface area contributed by atoms with Gasteiger partial charge in [-0.25, -0.2) is 15.0 Å². The second-order valence-corrected chi connectivity index (χ2v) is 13.4. The quantitative estimate of drug-likeness (QED) is 0.192. The lowest BCUT2D eigenvalue weighted by Gasteiger charge is -2.17. The van der Waals surface area contributed by atoms with E-state index in [0.717, 1.165) is 60.7 Å². The number of allylic oxidation sites excluding steroid dienone is 8. The van der Waals surface area contributed by atoms with Gasteiger partial charge in [0.1, 0.15) is 5.82 Å². The molecule has 0 amide bonds. The van der Waals surface area contributed by atoms with Crippen molar-refractivity contribution < 1.29 is 0 Å². The first-order chi connectivity index (χ1) is 23.3. The highest BCUT2D eigenvalue weighted by Gasteiger charge is 2.22. The Hall–Kier alpha value is -5.26. The Balaban J connectivity index is 1.18. The van der Waals surface area contributed by atoms with Crippen LogP contribution >= 0.6 is 11.3 Å². The van der Waals surface area contributed by atoms with E-state index in [-0.39, 0.29) is 5.92 Å². The first-order valence-corrected chi connectivity index (χ1v) is 17.3. The van der Waals surface area contributed by atoms with Crippen molar-refractivity contribution in [2.24, 2.45) is 0 Å². The van der Waals surface area contributed by atoms with Gasteiger partial charge in [0.25, 0.3) is 0 Å². The highest BCUT2D eigenvalue weighted by molar-refractivity contribution is 7.17. The zero-order valence-corrected chi connectivity index (χ0v) is 26.8. The average molecular weight is 625 g/mol. The third-order valence-corrected chi connectivity index (χ3v) is 10.8. The molecule has 47 heavy (non-hydrogen) atoms. The molecular formula is C42H32N4S. The molecule has 0 saturated carbocycles. The number of pyridine rings is 1. The Morgan fingerprint density at radius 1 is 0.681 bits per heavy atom. The second-order valence-electron chi connectivity index (χ2n) is 12.4. The molecule has 0 aliphatic heterocycles. The van der Waals surface area contributed by atoms with Crippen molar-refractivity contribution >= 4 is 55.1 Å². The van der Waals surface area contributed by atoms with Gasteiger partial charge in [0.2, 0.25) is 0 Å². The Kier molecular flexibility index (Phi) is 7.05. The SMILES string of the molecule is C1=CCC(c2nc(C3=c4c(sc5c(C6=CC=C(c7cccc8ncccc78)CC6)cccc45)=CCC3)nc(-c3ccccc3)n2)C=C1. The molecule has 3 heterocycles. The molecule has 3 aromatic carbocycles. The minimum atomic E-state index is 0.145. The van der Waals surface area contributed by atoms with Gasteiger partial charge in [0.15, 0.2) is 11.6 Å². The summed E-state index contributed by atoms with van der Waals surface area (Å²) in [5.74, 6) is 2.54. The first-order valence-electron chi connectivity index (χ1n) is 16.4. The fraction of sp³-hybridized carbons (Fsp3) is 0.143. The van der Waals surface area contributed by atoms with Gasteiger partial charge in [-0.05, 0) is 66.5 Å². The summed E-state index contributed by atoms with van der Waals surface area (Å²) in [6.07, 6.45) is 22.3. The van der Waals surface area contributed by atoms with Crippen molar-refractivity contribution in [2.45, 2.75) is 38.0 Å². The summed E-state index contributed by atoms with van der Waals surface area (Å²) in [5, 5.41) is 3.81. The van der Waals surface area contributed by atoms with E-state index < -0.39 is 0 Å². The van der Waals surface area contributed by atoms with Crippen molar-refractivity contribution in [3.05, 3.63) is 154 Å². The van der Waals surface area contributed by atoms with Crippen LogP contribution in [0.3, 0.4) is 0 Å². The van der Waals surface area contributed by atoms with Crippen molar-refractivity contribution in [3.63, 3.8) is 0 Å². The predicted molar refractivity (Wildman–Crippen MR) is 195 cm³/mol. The molecular weight excluding hydrogens is 593 g/mol. The first kappa shape index (κ1) is 28.0. The van der Waals surface area contributed by atoms with Crippen LogP contribution in [0.4, 0.5) is 0 Å². The van der Waals surface area contributed by atoms with E-state index in [4.69, 9.17) is 15.0 Å². The molecule has 3 aliphatic rings.